The van der Waals surface area contributed by atoms with E-state index in [4.69, 9.17) is 4.74 Å². The van der Waals surface area contributed by atoms with Crippen LogP contribution in [0.2, 0.25) is 0 Å². The molecular formula is C19H29N3O3S. The van der Waals surface area contributed by atoms with Gasteiger partial charge in [0.05, 0.1) is 11.0 Å². The summed E-state index contributed by atoms with van der Waals surface area (Å²) in [5.74, 6) is 1.59. The molecule has 4 heterocycles. The van der Waals surface area contributed by atoms with Crippen LogP contribution in [-0.4, -0.2) is 60.3 Å². The molecule has 0 spiro atoms. The van der Waals surface area contributed by atoms with E-state index in [1.165, 1.54) is 5.06 Å². The van der Waals surface area contributed by atoms with Gasteiger partial charge in [-0.1, -0.05) is 0 Å². The number of hydroxylamine groups is 2. The van der Waals surface area contributed by atoms with E-state index in [9.17, 15) is 9.42 Å². The van der Waals surface area contributed by atoms with Gasteiger partial charge in [0.2, 0.25) is 0 Å². The molecule has 3 aliphatic heterocycles. The number of fused-ring (bicyclic) bond motifs is 2. The Labute approximate surface area is 158 Å². The van der Waals surface area contributed by atoms with Crippen LogP contribution in [0.3, 0.4) is 0 Å². The lowest BCUT2D eigenvalue weighted by molar-refractivity contribution is -0.104. The number of aromatic nitrogens is 1. The van der Waals surface area contributed by atoms with Gasteiger partial charge in [0.15, 0.2) is 0 Å². The normalized spacial score (nSPS) is 33.4. The molecule has 144 valence electrons. The van der Waals surface area contributed by atoms with Crippen LogP contribution in [-0.2, 0) is 11.0 Å². The summed E-state index contributed by atoms with van der Waals surface area (Å²) in [5, 5.41) is 11.2. The second-order valence-electron chi connectivity index (χ2n) is 7.77. The highest BCUT2D eigenvalue weighted by Crippen LogP contribution is 2.38. The van der Waals surface area contributed by atoms with Crippen molar-refractivity contribution in [3.05, 3.63) is 24.5 Å². The van der Waals surface area contributed by atoms with Gasteiger partial charge in [0, 0.05) is 55.7 Å². The predicted octanol–water partition coefficient (Wildman–Crippen LogP) is 2.75. The summed E-state index contributed by atoms with van der Waals surface area (Å²) in [6, 6.07) is 4.83. The summed E-state index contributed by atoms with van der Waals surface area (Å²) in [7, 11) is -0.909. The lowest BCUT2D eigenvalue weighted by Gasteiger charge is -2.37. The molecule has 1 aromatic rings. The van der Waals surface area contributed by atoms with Gasteiger partial charge < -0.3 is 9.94 Å². The summed E-state index contributed by atoms with van der Waals surface area (Å²) < 4.78 is 21.3. The maximum Gasteiger partial charge on any atom is 0.122 e. The SMILES string of the molecule is O=S(CCCC1CCCN1O)N1C2CCC1CC(Oc1ccncc1)C2. The molecule has 3 fully saturated rings. The molecule has 4 rings (SSSR count). The molecule has 7 heteroatoms. The third kappa shape index (κ3) is 4.11. The zero-order valence-corrected chi connectivity index (χ0v) is 16.0. The molecule has 1 aromatic heterocycles. The minimum atomic E-state index is -0.909. The van der Waals surface area contributed by atoms with E-state index in [1.807, 2.05) is 12.1 Å². The van der Waals surface area contributed by atoms with Crippen molar-refractivity contribution in [1.29, 1.82) is 0 Å². The topological polar surface area (TPSA) is 65.9 Å². The van der Waals surface area contributed by atoms with Gasteiger partial charge in [-0.2, -0.15) is 5.06 Å². The van der Waals surface area contributed by atoms with Gasteiger partial charge in [0.25, 0.3) is 0 Å². The largest absolute Gasteiger partial charge is 0.490 e. The highest BCUT2D eigenvalue weighted by atomic mass is 32.2. The van der Waals surface area contributed by atoms with Crippen LogP contribution in [0.4, 0.5) is 0 Å². The fraction of sp³-hybridized carbons (Fsp3) is 0.737. The van der Waals surface area contributed by atoms with Gasteiger partial charge in [-0.05, 0) is 50.7 Å². The number of piperidine rings is 1. The Morgan fingerprint density at radius 2 is 1.92 bits per heavy atom. The van der Waals surface area contributed by atoms with E-state index in [0.29, 0.717) is 17.8 Å². The highest BCUT2D eigenvalue weighted by Gasteiger charge is 2.44. The summed E-state index contributed by atoms with van der Waals surface area (Å²) in [6.07, 6.45) is 11.9. The number of rotatable bonds is 7. The monoisotopic (exact) mass is 379 g/mol. The standard InChI is InChI=1S/C19H29N3O3S/c23-21-11-1-3-15(21)4-2-12-26(24)22-16-5-6-17(22)14-19(13-16)25-18-7-9-20-10-8-18/h7-10,15-17,19,23H,1-6,11-14H2. The van der Waals surface area contributed by atoms with Crippen molar-refractivity contribution in [1.82, 2.24) is 14.4 Å². The van der Waals surface area contributed by atoms with E-state index in [1.54, 1.807) is 12.4 Å². The minimum Gasteiger partial charge on any atom is -0.490 e. The molecule has 0 radical (unpaired) electrons. The van der Waals surface area contributed by atoms with E-state index < -0.39 is 11.0 Å². The molecule has 4 unspecified atom stereocenters. The lowest BCUT2D eigenvalue weighted by atomic mass is 10.0. The van der Waals surface area contributed by atoms with Crippen molar-refractivity contribution in [2.24, 2.45) is 0 Å². The quantitative estimate of drug-likeness (QED) is 0.789. The van der Waals surface area contributed by atoms with Gasteiger partial charge in [-0.15, -0.1) is 0 Å². The summed E-state index contributed by atoms with van der Waals surface area (Å²) in [6.45, 7) is 0.781. The Morgan fingerprint density at radius 1 is 1.19 bits per heavy atom. The average Bonchev–Trinajstić information content (AvgIpc) is 3.16. The first kappa shape index (κ1) is 18.3. The molecule has 3 aliphatic rings. The molecule has 4 atom stereocenters. The molecule has 0 aliphatic carbocycles. The Balaban J connectivity index is 1.27. The smallest absolute Gasteiger partial charge is 0.122 e. The third-order valence-corrected chi connectivity index (χ3v) is 7.72. The Morgan fingerprint density at radius 3 is 2.58 bits per heavy atom. The molecule has 2 bridgehead atoms. The third-order valence-electron chi connectivity index (χ3n) is 6.01. The number of hydrogen-bond acceptors (Lipinski definition) is 5. The van der Waals surface area contributed by atoms with Gasteiger partial charge >= 0.3 is 0 Å². The van der Waals surface area contributed by atoms with E-state index in [-0.39, 0.29) is 12.1 Å². The molecular weight excluding hydrogens is 350 g/mol. The molecule has 6 nitrogen and oxygen atoms in total. The first-order valence-electron chi connectivity index (χ1n) is 9.89. The summed E-state index contributed by atoms with van der Waals surface area (Å²) >= 11 is 0. The fourth-order valence-corrected chi connectivity index (χ4v) is 6.46. The van der Waals surface area contributed by atoms with E-state index in [0.717, 1.165) is 63.7 Å². The first-order chi connectivity index (χ1) is 12.7. The second-order valence-corrected chi connectivity index (χ2v) is 9.24. The van der Waals surface area contributed by atoms with Crippen molar-refractivity contribution in [3.8, 4) is 5.75 Å². The molecule has 3 saturated heterocycles. The zero-order valence-electron chi connectivity index (χ0n) is 15.2. The fourth-order valence-electron chi connectivity index (χ4n) is 4.78. The van der Waals surface area contributed by atoms with E-state index >= 15 is 0 Å². The van der Waals surface area contributed by atoms with Crippen LogP contribution in [0.5, 0.6) is 5.75 Å². The molecule has 0 amide bonds. The van der Waals surface area contributed by atoms with Crippen molar-refractivity contribution >= 4 is 11.0 Å². The van der Waals surface area contributed by atoms with Gasteiger partial charge in [0.1, 0.15) is 11.9 Å². The van der Waals surface area contributed by atoms with Crippen LogP contribution in [0.15, 0.2) is 24.5 Å². The first-order valence-corrected chi connectivity index (χ1v) is 11.2. The number of nitrogens with zero attached hydrogens (tertiary/aromatic N) is 3. The van der Waals surface area contributed by atoms with Gasteiger partial charge in [-0.3, -0.25) is 4.98 Å². The highest BCUT2D eigenvalue weighted by molar-refractivity contribution is 7.82. The number of ether oxygens (including phenoxy) is 1. The van der Waals surface area contributed by atoms with Crippen molar-refractivity contribution in [2.75, 3.05) is 12.3 Å². The molecule has 1 N–H and O–H groups in total. The van der Waals surface area contributed by atoms with Crippen LogP contribution in [0, 0.1) is 0 Å². The van der Waals surface area contributed by atoms with Crippen LogP contribution >= 0.6 is 0 Å². The summed E-state index contributed by atoms with van der Waals surface area (Å²) in [5.41, 5.74) is 0. The van der Waals surface area contributed by atoms with Crippen molar-refractivity contribution in [3.63, 3.8) is 0 Å². The number of pyridine rings is 1. The minimum absolute atomic E-state index is 0.213. The maximum absolute atomic E-state index is 12.9. The van der Waals surface area contributed by atoms with Gasteiger partial charge in [-0.25, -0.2) is 8.51 Å². The van der Waals surface area contributed by atoms with Crippen LogP contribution in [0.25, 0.3) is 0 Å². The molecule has 0 aromatic carbocycles. The van der Waals surface area contributed by atoms with E-state index in [2.05, 4.69) is 9.29 Å². The maximum atomic E-state index is 12.9. The Bertz CT molecular complexity index is 603. The van der Waals surface area contributed by atoms with Crippen LogP contribution in [0.1, 0.15) is 51.4 Å². The van der Waals surface area contributed by atoms with Crippen LogP contribution < -0.4 is 4.74 Å². The number of hydrogen-bond donors (Lipinski definition) is 1. The predicted molar refractivity (Wildman–Crippen MR) is 100 cm³/mol. The Kier molecular flexibility index (Phi) is 5.88. The average molecular weight is 380 g/mol. The molecule has 0 saturated carbocycles. The Hall–Kier alpha value is -1.02. The van der Waals surface area contributed by atoms with Crippen molar-refractivity contribution < 1.29 is 14.2 Å². The zero-order chi connectivity index (χ0) is 17.9. The lowest BCUT2D eigenvalue weighted by Crippen LogP contribution is -2.47. The summed E-state index contributed by atoms with van der Waals surface area (Å²) in [4.78, 5) is 4.03. The van der Waals surface area contributed by atoms with Crippen molar-refractivity contribution in [2.45, 2.75) is 75.6 Å². The molecule has 26 heavy (non-hydrogen) atoms. The second kappa shape index (κ2) is 8.33.